The predicted molar refractivity (Wildman–Crippen MR) is 125 cm³/mol. The topological polar surface area (TPSA) is 98.9 Å². The lowest BCUT2D eigenvalue weighted by molar-refractivity contribution is -0.186. The van der Waals surface area contributed by atoms with E-state index in [9.17, 15) is 14.4 Å². The van der Waals surface area contributed by atoms with E-state index in [0.29, 0.717) is 5.56 Å². The Morgan fingerprint density at radius 2 is 1.44 bits per heavy atom. The van der Waals surface area contributed by atoms with Crippen molar-refractivity contribution >= 4 is 18.0 Å². The van der Waals surface area contributed by atoms with Gasteiger partial charge in [-0.15, -0.1) is 0 Å². The molecule has 34 heavy (non-hydrogen) atoms. The van der Waals surface area contributed by atoms with E-state index in [1.807, 2.05) is 91.0 Å². The van der Waals surface area contributed by atoms with E-state index >= 15 is 0 Å². The number of morpholine rings is 1. The number of nitrogens with zero attached hydrogens (tertiary/aromatic N) is 1. The quantitative estimate of drug-likeness (QED) is 0.556. The van der Waals surface area contributed by atoms with Gasteiger partial charge in [0.1, 0.15) is 12.6 Å². The first-order valence-electron chi connectivity index (χ1n) is 11.0. The number of carbonyl (C=O) groups is 3. The summed E-state index contributed by atoms with van der Waals surface area (Å²) in [6.07, 6.45) is -1.95. The molecule has 1 heterocycles. The lowest BCUT2D eigenvalue weighted by atomic mass is 9.84. The maximum Gasteiger partial charge on any atom is 0.411 e. The van der Waals surface area contributed by atoms with Gasteiger partial charge in [0, 0.05) is 0 Å². The van der Waals surface area contributed by atoms with Crippen molar-refractivity contribution in [3.8, 4) is 0 Å². The molecule has 0 saturated carbocycles. The highest BCUT2D eigenvalue weighted by Gasteiger charge is 2.56. The van der Waals surface area contributed by atoms with Crippen molar-refractivity contribution in [1.82, 2.24) is 4.90 Å². The highest BCUT2D eigenvalue weighted by atomic mass is 16.6. The SMILES string of the molecule is C[C@]1(CC(N)=O)C(=O)O[C@@H](c2ccccc2)[C@@H](c2ccccc2)N1C(=O)OCc1ccccc1. The maximum atomic E-state index is 13.6. The van der Waals surface area contributed by atoms with Crippen molar-refractivity contribution in [3.05, 3.63) is 108 Å². The Morgan fingerprint density at radius 3 is 2.00 bits per heavy atom. The van der Waals surface area contributed by atoms with Crippen molar-refractivity contribution in [2.75, 3.05) is 0 Å². The zero-order valence-corrected chi connectivity index (χ0v) is 18.8. The van der Waals surface area contributed by atoms with E-state index in [2.05, 4.69) is 0 Å². The smallest absolute Gasteiger partial charge is 0.411 e. The van der Waals surface area contributed by atoms with E-state index in [4.69, 9.17) is 15.2 Å². The molecule has 4 rings (SSSR count). The van der Waals surface area contributed by atoms with Crippen LogP contribution in [-0.4, -0.2) is 28.4 Å². The molecule has 1 fully saturated rings. The van der Waals surface area contributed by atoms with Crippen LogP contribution in [0.15, 0.2) is 91.0 Å². The molecule has 1 aliphatic rings. The van der Waals surface area contributed by atoms with Crippen LogP contribution < -0.4 is 5.73 Å². The molecule has 174 valence electrons. The van der Waals surface area contributed by atoms with E-state index in [-0.39, 0.29) is 6.61 Å². The van der Waals surface area contributed by atoms with E-state index in [1.165, 1.54) is 11.8 Å². The lowest BCUT2D eigenvalue weighted by Gasteiger charge is -2.49. The summed E-state index contributed by atoms with van der Waals surface area (Å²) in [5.74, 6) is -1.45. The first-order chi connectivity index (χ1) is 16.4. The van der Waals surface area contributed by atoms with Gasteiger partial charge in [0.2, 0.25) is 5.91 Å². The number of primary amides is 1. The minimum absolute atomic E-state index is 0.00931. The molecule has 3 aromatic carbocycles. The summed E-state index contributed by atoms with van der Waals surface area (Å²) in [5, 5.41) is 0. The number of ether oxygens (including phenoxy) is 2. The molecule has 0 bridgehead atoms. The Balaban J connectivity index is 1.80. The third-order valence-corrected chi connectivity index (χ3v) is 5.96. The average molecular weight is 459 g/mol. The molecule has 1 saturated heterocycles. The van der Waals surface area contributed by atoms with Crippen LogP contribution in [0.1, 0.15) is 42.2 Å². The summed E-state index contributed by atoms with van der Waals surface area (Å²) in [6.45, 7) is 1.50. The third-order valence-electron chi connectivity index (χ3n) is 5.96. The van der Waals surface area contributed by atoms with Crippen molar-refractivity contribution in [1.29, 1.82) is 0 Å². The maximum absolute atomic E-state index is 13.6. The molecule has 1 aliphatic heterocycles. The Kier molecular flexibility index (Phi) is 6.63. The number of hydrogen-bond donors (Lipinski definition) is 1. The molecular formula is C27H26N2O5. The number of cyclic esters (lactones) is 1. The number of esters is 1. The molecule has 0 aromatic heterocycles. The monoisotopic (exact) mass is 458 g/mol. The summed E-state index contributed by atoms with van der Waals surface area (Å²) >= 11 is 0. The number of benzene rings is 3. The molecule has 2 amide bonds. The predicted octanol–water partition coefficient (Wildman–Crippen LogP) is 4.30. The Bertz CT molecular complexity index is 1150. The Morgan fingerprint density at radius 1 is 0.912 bits per heavy atom. The van der Waals surface area contributed by atoms with Gasteiger partial charge in [-0.2, -0.15) is 0 Å². The fourth-order valence-corrected chi connectivity index (χ4v) is 4.32. The average Bonchev–Trinajstić information content (AvgIpc) is 2.85. The van der Waals surface area contributed by atoms with E-state index < -0.39 is 42.1 Å². The van der Waals surface area contributed by atoms with Crippen molar-refractivity contribution < 1.29 is 23.9 Å². The molecule has 3 aromatic rings. The molecular weight excluding hydrogens is 432 g/mol. The van der Waals surface area contributed by atoms with Gasteiger partial charge in [0.05, 0.1) is 6.42 Å². The van der Waals surface area contributed by atoms with Crippen LogP contribution in [-0.2, 0) is 25.7 Å². The number of carbonyl (C=O) groups excluding carboxylic acids is 3. The number of amides is 2. The molecule has 7 heteroatoms. The standard InChI is InChI=1S/C27H26N2O5/c1-27(17-22(28)30)25(31)34-24(21-15-9-4-10-16-21)23(20-13-7-3-8-14-20)29(27)26(32)33-18-19-11-5-2-6-12-19/h2-16,23-24H,17-18H2,1H3,(H2,28,30)/t23-,24+,27+/m1/s1. The van der Waals surface area contributed by atoms with Gasteiger partial charge in [-0.3, -0.25) is 9.69 Å². The second kappa shape index (κ2) is 9.79. The largest absolute Gasteiger partial charge is 0.453 e. The van der Waals surface area contributed by atoms with Crippen molar-refractivity contribution in [2.24, 2.45) is 5.73 Å². The number of nitrogens with two attached hydrogens (primary N) is 1. The molecule has 0 aliphatic carbocycles. The van der Waals surface area contributed by atoms with E-state index in [0.717, 1.165) is 11.1 Å². The lowest BCUT2D eigenvalue weighted by Crippen LogP contribution is -2.63. The highest BCUT2D eigenvalue weighted by Crippen LogP contribution is 2.47. The van der Waals surface area contributed by atoms with Crippen LogP contribution in [0.25, 0.3) is 0 Å². The first-order valence-corrected chi connectivity index (χ1v) is 11.0. The second-order valence-corrected chi connectivity index (χ2v) is 8.42. The fourth-order valence-electron chi connectivity index (χ4n) is 4.32. The molecule has 7 nitrogen and oxygen atoms in total. The Labute approximate surface area is 198 Å². The van der Waals surface area contributed by atoms with Crippen LogP contribution in [0.5, 0.6) is 0 Å². The van der Waals surface area contributed by atoms with Crippen LogP contribution in [0.4, 0.5) is 4.79 Å². The molecule has 2 N–H and O–H groups in total. The molecule has 0 unspecified atom stereocenters. The van der Waals surface area contributed by atoms with E-state index in [1.54, 1.807) is 0 Å². The molecule has 0 radical (unpaired) electrons. The summed E-state index contributed by atoms with van der Waals surface area (Å²) in [4.78, 5) is 40.3. The summed E-state index contributed by atoms with van der Waals surface area (Å²) < 4.78 is 11.6. The first kappa shape index (κ1) is 23.0. The van der Waals surface area contributed by atoms with Gasteiger partial charge in [0.15, 0.2) is 11.6 Å². The van der Waals surface area contributed by atoms with Gasteiger partial charge in [-0.05, 0) is 23.6 Å². The minimum Gasteiger partial charge on any atom is -0.453 e. The van der Waals surface area contributed by atoms with Gasteiger partial charge < -0.3 is 15.2 Å². The van der Waals surface area contributed by atoms with Gasteiger partial charge in [-0.1, -0.05) is 91.0 Å². The summed E-state index contributed by atoms with van der Waals surface area (Å²) in [5.41, 5.74) is 6.10. The number of rotatable bonds is 6. The van der Waals surface area contributed by atoms with Crippen molar-refractivity contribution in [3.63, 3.8) is 0 Å². The van der Waals surface area contributed by atoms with Crippen LogP contribution in [0.2, 0.25) is 0 Å². The highest BCUT2D eigenvalue weighted by molar-refractivity contribution is 5.92. The zero-order chi connectivity index (χ0) is 24.1. The summed E-state index contributed by atoms with van der Waals surface area (Å²) in [7, 11) is 0. The normalized spacial score (nSPS) is 22.0. The minimum atomic E-state index is -1.65. The van der Waals surface area contributed by atoms with Crippen molar-refractivity contribution in [2.45, 2.75) is 37.6 Å². The fraction of sp³-hybridized carbons (Fsp3) is 0.222. The molecule has 0 spiro atoms. The van der Waals surface area contributed by atoms with Crippen LogP contribution in [0, 0.1) is 0 Å². The number of hydrogen-bond acceptors (Lipinski definition) is 5. The molecule has 3 atom stereocenters. The van der Waals surface area contributed by atoms with Gasteiger partial charge in [-0.25, -0.2) is 9.59 Å². The van der Waals surface area contributed by atoms with Crippen LogP contribution >= 0.6 is 0 Å². The summed E-state index contributed by atoms with van der Waals surface area (Å²) in [6, 6.07) is 26.9. The van der Waals surface area contributed by atoms with Gasteiger partial charge >= 0.3 is 12.1 Å². The third kappa shape index (κ3) is 4.64. The Hall–Kier alpha value is -4.13. The second-order valence-electron chi connectivity index (χ2n) is 8.42. The zero-order valence-electron chi connectivity index (χ0n) is 18.8. The van der Waals surface area contributed by atoms with Gasteiger partial charge in [0.25, 0.3) is 0 Å². The van der Waals surface area contributed by atoms with Crippen LogP contribution in [0.3, 0.4) is 0 Å².